The summed E-state index contributed by atoms with van der Waals surface area (Å²) in [6.45, 7) is 3.65. The van der Waals surface area contributed by atoms with Crippen LogP contribution in [0.2, 0.25) is 0 Å². The third-order valence-corrected chi connectivity index (χ3v) is 4.34. The Bertz CT molecular complexity index is 527. The molecule has 2 rings (SSSR count). The zero-order chi connectivity index (χ0) is 16.1. The maximum atomic E-state index is 12.7. The van der Waals surface area contributed by atoms with E-state index in [1.807, 2.05) is 31.3 Å². The van der Waals surface area contributed by atoms with E-state index in [1.54, 1.807) is 11.9 Å². The number of hydrogen-bond donors (Lipinski definition) is 1. The highest BCUT2D eigenvalue weighted by atomic mass is 16.2. The molecule has 1 saturated heterocycles. The lowest BCUT2D eigenvalue weighted by Crippen LogP contribution is -2.51. The van der Waals surface area contributed by atoms with E-state index < -0.39 is 0 Å². The quantitative estimate of drug-likeness (QED) is 0.924. The predicted molar refractivity (Wildman–Crippen MR) is 88.1 cm³/mol. The summed E-state index contributed by atoms with van der Waals surface area (Å²) in [5.41, 5.74) is 1.73. The Morgan fingerprint density at radius 1 is 1.27 bits per heavy atom. The molecule has 0 saturated carbocycles. The van der Waals surface area contributed by atoms with Crippen molar-refractivity contribution in [3.05, 3.63) is 29.8 Å². The number of carbonyl (C=O) groups is 2. The molecule has 1 N–H and O–H groups in total. The molecule has 1 aromatic rings. The highest BCUT2D eigenvalue weighted by Crippen LogP contribution is 2.21. The number of rotatable bonds is 4. The Kier molecular flexibility index (Phi) is 5.41. The van der Waals surface area contributed by atoms with E-state index in [-0.39, 0.29) is 17.9 Å². The van der Waals surface area contributed by atoms with Gasteiger partial charge in [0.25, 0.3) is 5.91 Å². The second kappa shape index (κ2) is 7.29. The van der Waals surface area contributed by atoms with E-state index in [0.717, 1.165) is 31.5 Å². The normalized spacial score (nSPS) is 18.0. The van der Waals surface area contributed by atoms with Gasteiger partial charge in [0.15, 0.2) is 0 Å². The number of benzene rings is 1. The van der Waals surface area contributed by atoms with E-state index in [4.69, 9.17) is 0 Å². The number of piperidine rings is 1. The number of likely N-dealkylation sites (tertiary alicyclic amines) is 1. The topological polar surface area (TPSA) is 52.7 Å². The molecule has 5 nitrogen and oxygen atoms in total. The van der Waals surface area contributed by atoms with Crippen LogP contribution in [0.1, 0.15) is 36.5 Å². The summed E-state index contributed by atoms with van der Waals surface area (Å²) >= 11 is 0. The number of nitrogens with zero attached hydrogens (tertiary/aromatic N) is 2. The van der Waals surface area contributed by atoms with Gasteiger partial charge < -0.3 is 15.1 Å². The molecule has 2 amide bonds. The predicted octanol–water partition coefficient (Wildman–Crippen LogP) is 1.88. The number of amides is 2. The van der Waals surface area contributed by atoms with Crippen LogP contribution < -0.4 is 10.2 Å². The van der Waals surface area contributed by atoms with Crippen molar-refractivity contribution in [3.63, 3.8) is 0 Å². The molecule has 1 aliphatic heterocycles. The first-order chi connectivity index (χ1) is 10.6. The van der Waals surface area contributed by atoms with Crippen LogP contribution in [0.3, 0.4) is 0 Å². The molecule has 0 bridgehead atoms. The fraction of sp³-hybridized carbons (Fsp3) is 0.529. The largest absolute Gasteiger partial charge is 0.375 e. The van der Waals surface area contributed by atoms with Crippen molar-refractivity contribution >= 4 is 17.5 Å². The van der Waals surface area contributed by atoms with Crippen LogP contribution in [0.5, 0.6) is 0 Å². The molecule has 5 heteroatoms. The lowest BCUT2D eigenvalue weighted by atomic mass is 10.00. The van der Waals surface area contributed by atoms with E-state index in [2.05, 4.69) is 17.1 Å². The fourth-order valence-electron chi connectivity index (χ4n) is 2.82. The Labute approximate surface area is 132 Å². The van der Waals surface area contributed by atoms with Crippen molar-refractivity contribution in [3.8, 4) is 0 Å². The maximum absolute atomic E-state index is 12.7. The van der Waals surface area contributed by atoms with E-state index in [9.17, 15) is 9.59 Å². The van der Waals surface area contributed by atoms with E-state index >= 15 is 0 Å². The first kappa shape index (κ1) is 16.3. The molecule has 1 aliphatic rings. The summed E-state index contributed by atoms with van der Waals surface area (Å²) in [6, 6.07) is 7.26. The molecule has 1 unspecified atom stereocenters. The minimum atomic E-state index is -0.343. The first-order valence-electron chi connectivity index (χ1n) is 7.92. The average molecular weight is 303 g/mol. The van der Waals surface area contributed by atoms with Crippen LogP contribution >= 0.6 is 0 Å². The molecule has 1 heterocycles. The van der Waals surface area contributed by atoms with Crippen LogP contribution in [0.25, 0.3) is 0 Å². The zero-order valence-corrected chi connectivity index (χ0v) is 13.6. The minimum Gasteiger partial charge on any atom is -0.375 e. The number of likely N-dealkylation sites (N-methyl/N-ethyl adjacent to an activating group) is 1. The van der Waals surface area contributed by atoms with Gasteiger partial charge in [0.1, 0.15) is 6.04 Å². The van der Waals surface area contributed by atoms with Crippen LogP contribution in [0.4, 0.5) is 5.69 Å². The van der Waals surface area contributed by atoms with Crippen molar-refractivity contribution in [1.82, 2.24) is 10.2 Å². The molecular weight excluding hydrogens is 278 g/mol. The molecule has 1 atom stereocenters. The van der Waals surface area contributed by atoms with E-state index in [1.165, 1.54) is 0 Å². The molecule has 22 heavy (non-hydrogen) atoms. The Hall–Kier alpha value is -2.04. The Morgan fingerprint density at radius 3 is 2.55 bits per heavy atom. The highest BCUT2D eigenvalue weighted by Gasteiger charge is 2.31. The van der Waals surface area contributed by atoms with Gasteiger partial charge in [-0.25, -0.2) is 0 Å². The number of anilines is 1. The van der Waals surface area contributed by atoms with Gasteiger partial charge in [-0.3, -0.25) is 9.59 Å². The number of carbonyl (C=O) groups excluding carboxylic acids is 2. The average Bonchev–Trinajstić information content (AvgIpc) is 2.59. The summed E-state index contributed by atoms with van der Waals surface area (Å²) in [6.07, 6.45) is 2.68. The molecule has 0 spiro atoms. The number of nitrogens with one attached hydrogen (secondary N) is 1. The van der Waals surface area contributed by atoms with Crippen molar-refractivity contribution in [2.45, 2.75) is 32.2 Å². The summed E-state index contributed by atoms with van der Waals surface area (Å²) < 4.78 is 0. The van der Waals surface area contributed by atoms with Crippen LogP contribution in [-0.2, 0) is 4.79 Å². The molecule has 120 valence electrons. The van der Waals surface area contributed by atoms with Gasteiger partial charge in [0, 0.05) is 38.4 Å². The Balaban J connectivity index is 2.16. The number of hydrogen-bond acceptors (Lipinski definition) is 3. The Morgan fingerprint density at radius 2 is 1.95 bits per heavy atom. The summed E-state index contributed by atoms with van der Waals surface area (Å²) in [5.74, 6) is -0.130. The van der Waals surface area contributed by atoms with Gasteiger partial charge in [0.05, 0.1) is 0 Å². The van der Waals surface area contributed by atoms with E-state index in [0.29, 0.717) is 12.1 Å². The SMILES string of the molecule is CCN(C)c1ccc(C(=O)N2CCCCC2C(=O)NC)cc1. The molecule has 0 aromatic heterocycles. The van der Waals surface area contributed by atoms with Crippen molar-refractivity contribution in [1.29, 1.82) is 0 Å². The smallest absolute Gasteiger partial charge is 0.254 e. The van der Waals surface area contributed by atoms with Gasteiger partial charge >= 0.3 is 0 Å². The highest BCUT2D eigenvalue weighted by molar-refractivity contribution is 5.98. The summed E-state index contributed by atoms with van der Waals surface area (Å²) in [7, 11) is 3.64. The molecule has 0 aliphatic carbocycles. The first-order valence-corrected chi connectivity index (χ1v) is 7.92. The van der Waals surface area contributed by atoms with Crippen LogP contribution in [0, 0.1) is 0 Å². The maximum Gasteiger partial charge on any atom is 0.254 e. The van der Waals surface area contributed by atoms with Crippen molar-refractivity contribution < 1.29 is 9.59 Å². The standard InChI is InChI=1S/C17H25N3O2/c1-4-19(3)14-10-8-13(9-11-14)17(22)20-12-6-5-7-15(20)16(21)18-2/h8-11,15H,4-7,12H2,1-3H3,(H,18,21). The van der Waals surface area contributed by atoms with Crippen LogP contribution in [0.15, 0.2) is 24.3 Å². The molecule has 0 radical (unpaired) electrons. The third-order valence-electron chi connectivity index (χ3n) is 4.34. The lowest BCUT2D eigenvalue weighted by Gasteiger charge is -2.34. The van der Waals surface area contributed by atoms with Gasteiger partial charge in [-0.05, 0) is 50.5 Å². The van der Waals surface area contributed by atoms with Crippen molar-refractivity contribution in [2.24, 2.45) is 0 Å². The second-order valence-corrected chi connectivity index (χ2v) is 5.69. The fourth-order valence-corrected chi connectivity index (χ4v) is 2.82. The third kappa shape index (κ3) is 3.40. The van der Waals surface area contributed by atoms with Gasteiger partial charge in [-0.2, -0.15) is 0 Å². The van der Waals surface area contributed by atoms with Gasteiger partial charge in [-0.1, -0.05) is 0 Å². The molecular formula is C17H25N3O2. The molecule has 1 aromatic carbocycles. The minimum absolute atomic E-state index is 0.0565. The monoisotopic (exact) mass is 303 g/mol. The van der Waals surface area contributed by atoms with Crippen LogP contribution in [-0.4, -0.2) is 49.9 Å². The zero-order valence-electron chi connectivity index (χ0n) is 13.6. The van der Waals surface area contributed by atoms with Gasteiger partial charge in [0.2, 0.25) is 5.91 Å². The second-order valence-electron chi connectivity index (χ2n) is 5.69. The molecule has 1 fully saturated rings. The van der Waals surface area contributed by atoms with Crippen molar-refractivity contribution in [2.75, 3.05) is 32.1 Å². The lowest BCUT2D eigenvalue weighted by molar-refractivity contribution is -0.126. The van der Waals surface area contributed by atoms with Gasteiger partial charge in [-0.15, -0.1) is 0 Å². The summed E-state index contributed by atoms with van der Waals surface area (Å²) in [4.78, 5) is 28.5. The summed E-state index contributed by atoms with van der Waals surface area (Å²) in [5, 5.41) is 2.66.